The second kappa shape index (κ2) is 4.56. The van der Waals surface area contributed by atoms with Gasteiger partial charge in [-0.15, -0.1) is 0 Å². The van der Waals surface area contributed by atoms with E-state index in [0.717, 1.165) is 16.6 Å². The van der Waals surface area contributed by atoms with E-state index in [2.05, 4.69) is 0 Å². The van der Waals surface area contributed by atoms with Gasteiger partial charge in [-0.3, -0.25) is 4.79 Å². The van der Waals surface area contributed by atoms with Gasteiger partial charge in [-0.25, -0.2) is 0 Å². The fourth-order valence-electron chi connectivity index (χ4n) is 2.26. The molecule has 1 aromatic heterocycles. The lowest BCUT2D eigenvalue weighted by Gasteiger charge is -2.10. The van der Waals surface area contributed by atoms with Gasteiger partial charge in [0.1, 0.15) is 0 Å². The monoisotopic (exact) mass is 269 g/mol. The van der Waals surface area contributed by atoms with Crippen molar-refractivity contribution in [3.8, 4) is 11.3 Å². The molecule has 3 heteroatoms. The van der Waals surface area contributed by atoms with Crippen LogP contribution < -0.4 is 5.56 Å². The van der Waals surface area contributed by atoms with Crippen LogP contribution in [0.5, 0.6) is 0 Å². The molecule has 3 rings (SSSR count). The third-order valence-corrected chi connectivity index (χ3v) is 3.51. The normalized spacial score (nSPS) is 10.8. The minimum Gasteiger partial charge on any atom is -0.311 e. The molecule has 1 heterocycles. The maximum atomic E-state index is 12.4. The summed E-state index contributed by atoms with van der Waals surface area (Å²) < 4.78 is 1.66. The molecule has 0 radical (unpaired) electrons. The Morgan fingerprint density at radius 2 is 1.74 bits per heavy atom. The van der Waals surface area contributed by atoms with Crippen LogP contribution in [0, 0.1) is 0 Å². The van der Waals surface area contributed by atoms with Crippen molar-refractivity contribution in [2.75, 3.05) is 0 Å². The van der Waals surface area contributed by atoms with E-state index in [4.69, 9.17) is 11.6 Å². The van der Waals surface area contributed by atoms with Crippen LogP contribution in [0.3, 0.4) is 0 Å². The second-order valence-electron chi connectivity index (χ2n) is 4.49. The molecule has 0 fully saturated rings. The Hall–Kier alpha value is -2.06. The van der Waals surface area contributed by atoms with E-state index in [9.17, 15) is 4.79 Å². The zero-order valence-electron chi connectivity index (χ0n) is 10.4. The van der Waals surface area contributed by atoms with E-state index in [0.29, 0.717) is 10.4 Å². The van der Waals surface area contributed by atoms with Gasteiger partial charge in [0.25, 0.3) is 5.56 Å². The number of halogens is 1. The van der Waals surface area contributed by atoms with Crippen molar-refractivity contribution in [2.24, 2.45) is 7.05 Å². The molecule has 0 unspecified atom stereocenters. The molecule has 0 atom stereocenters. The molecule has 0 saturated heterocycles. The number of hydrogen-bond acceptors (Lipinski definition) is 1. The van der Waals surface area contributed by atoms with Crippen molar-refractivity contribution in [3.05, 3.63) is 70.0 Å². The molecule has 3 aromatic rings. The maximum Gasteiger partial charge on any atom is 0.258 e. The summed E-state index contributed by atoms with van der Waals surface area (Å²) in [5, 5.41) is 2.14. The zero-order chi connectivity index (χ0) is 13.4. The summed E-state index contributed by atoms with van der Waals surface area (Å²) in [5.41, 5.74) is 1.90. The number of aromatic nitrogens is 1. The van der Waals surface area contributed by atoms with Crippen molar-refractivity contribution >= 4 is 22.4 Å². The van der Waals surface area contributed by atoms with Crippen LogP contribution in [0.15, 0.2) is 59.4 Å². The lowest BCUT2D eigenvalue weighted by molar-refractivity contribution is 0.883. The first-order chi connectivity index (χ1) is 9.16. The minimum absolute atomic E-state index is 0.0288. The lowest BCUT2D eigenvalue weighted by atomic mass is 10.1. The summed E-state index contributed by atoms with van der Waals surface area (Å²) in [6, 6.07) is 17.3. The third kappa shape index (κ3) is 2.04. The van der Waals surface area contributed by atoms with E-state index in [1.54, 1.807) is 23.7 Å². The SMILES string of the molecule is Cn1c(-c2ccccc2)cc2ccc(Cl)cc2c1=O. The van der Waals surface area contributed by atoms with Gasteiger partial charge in [0, 0.05) is 17.5 Å². The number of benzene rings is 2. The summed E-state index contributed by atoms with van der Waals surface area (Å²) in [4.78, 5) is 12.4. The molecule has 0 saturated carbocycles. The summed E-state index contributed by atoms with van der Waals surface area (Å²) in [7, 11) is 1.78. The van der Waals surface area contributed by atoms with Gasteiger partial charge in [-0.1, -0.05) is 48.0 Å². The summed E-state index contributed by atoms with van der Waals surface area (Å²) in [5.74, 6) is 0. The minimum atomic E-state index is -0.0288. The summed E-state index contributed by atoms with van der Waals surface area (Å²) >= 11 is 5.95. The van der Waals surface area contributed by atoms with E-state index in [-0.39, 0.29) is 5.56 Å². The Labute approximate surface area is 115 Å². The van der Waals surface area contributed by atoms with Crippen LogP contribution in [0.2, 0.25) is 5.02 Å². The zero-order valence-corrected chi connectivity index (χ0v) is 11.2. The van der Waals surface area contributed by atoms with Crippen molar-refractivity contribution in [1.29, 1.82) is 0 Å². The molecule has 94 valence electrons. The Morgan fingerprint density at radius 1 is 1.00 bits per heavy atom. The molecule has 0 spiro atoms. The van der Waals surface area contributed by atoms with Gasteiger partial charge in [-0.2, -0.15) is 0 Å². The second-order valence-corrected chi connectivity index (χ2v) is 4.93. The highest BCUT2D eigenvalue weighted by atomic mass is 35.5. The van der Waals surface area contributed by atoms with Crippen molar-refractivity contribution < 1.29 is 0 Å². The van der Waals surface area contributed by atoms with Gasteiger partial charge in [0.2, 0.25) is 0 Å². The quantitative estimate of drug-likeness (QED) is 0.657. The van der Waals surface area contributed by atoms with Crippen LogP contribution >= 0.6 is 11.6 Å². The molecule has 0 bridgehead atoms. The number of fused-ring (bicyclic) bond motifs is 1. The van der Waals surface area contributed by atoms with Crippen molar-refractivity contribution in [1.82, 2.24) is 4.57 Å². The number of hydrogen-bond donors (Lipinski definition) is 0. The van der Waals surface area contributed by atoms with Crippen LogP contribution in [-0.4, -0.2) is 4.57 Å². The van der Waals surface area contributed by atoms with Gasteiger partial charge in [0.15, 0.2) is 0 Å². The molecule has 0 amide bonds. The highest BCUT2D eigenvalue weighted by Gasteiger charge is 2.08. The lowest BCUT2D eigenvalue weighted by Crippen LogP contribution is -2.18. The largest absolute Gasteiger partial charge is 0.311 e. The van der Waals surface area contributed by atoms with E-state index < -0.39 is 0 Å². The molecular formula is C16H12ClNO. The first kappa shape index (κ1) is 12.0. The molecule has 0 aliphatic carbocycles. The van der Waals surface area contributed by atoms with Crippen LogP contribution in [0.1, 0.15) is 0 Å². The maximum absolute atomic E-state index is 12.4. The molecule has 0 N–H and O–H groups in total. The molecule has 2 nitrogen and oxygen atoms in total. The average Bonchev–Trinajstić information content (AvgIpc) is 2.44. The summed E-state index contributed by atoms with van der Waals surface area (Å²) in [6.07, 6.45) is 0. The van der Waals surface area contributed by atoms with E-state index in [1.165, 1.54) is 0 Å². The van der Waals surface area contributed by atoms with Gasteiger partial charge >= 0.3 is 0 Å². The van der Waals surface area contributed by atoms with Crippen LogP contribution in [0.4, 0.5) is 0 Å². The Balaban J connectivity index is 2.37. The first-order valence-electron chi connectivity index (χ1n) is 6.01. The predicted octanol–water partition coefficient (Wildman–Crippen LogP) is 3.86. The molecule has 19 heavy (non-hydrogen) atoms. The van der Waals surface area contributed by atoms with E-state index >= 15 is 0 Å². The topological polar surface area (TPSA) is 22.0 Å². The highest BCUT2D eigenvalue weighted by molar-refractivity contribution is 6.31. The third-order valence-electron chi connectivity index (χ3n) is 3.27. The summed E-state index contributed by atoms with van der Waals surface area (Å²) in [6.45, 7) is 0. The van der Waals surface area contributed by atoms with Gasteiger partial charge < -0.3 is 4.57 Å². The highest BCUT2D eigenvalue weighted by Crippen LogP contribution is 2.23. The van der Waals surface area contributed by atoms with Gasteiger partial charge in [0.05, 0.1) is 5.69 Å². The average molecular weight is 270 g/mol. The molecule has 0 aliphatic heterocycles. The molecular weight excluding hydrogens is 258 g/mol. The molecule has 2 aromatic carbocycles. The number of nitrogens with zero attached hydrogens (tertiary/aromatic N) is 1. The fourth-order valence-corrected chi connectivity index (χ4v) is 2.43. The molecule has 0 aliphatic rings. The Bertz CT molecular complexity index is 806. The van der Waals surface area contributed by atoms with Gasteiger partial charge in [-0.05, 0) is 29.1 Å². The van der Waals surface area contributed by atoms with Crippen molar-refractivity contribution in [2.45, 2.75) is 0 Å². The van der Waals surface area contributed by atoms with Crippen molar-refractivity contribution in [3.63, 3.8) is 0 Å². The fraction of sp³-hybridized carbons (Fsp3) is 0.0625. The predicted molar refractivity (Wildman–Crippen MR) is 79.6 cm³/mol. The number of pyridine rings is 1. The smallest absolute Gasteiger partial charge is 0.258 e. The van der Waals surface area contributed by atoms with Crippen LogP contribution in [0.25, 0.3) is 22.0 Å². The Morgan fingerprint density at radius 3 is 2.47 bits per heavy atom. The standard InChI is InChI=1S/C16H12ClNO/c1-18-15(11-5-3-2-4-6-11)9-12-7-8-13(17)10-14(12)16(18)19/h2-10H,1H3. The van der Waals surface area contributed by atoms with Crippen LogP contribution in [-0.2, 0) is 7.05 Å². The Kier molecular flexibility index (Phi) is 2.88. The number of rotatable bonds is 1. The van der Waals surface area contributed by atoms with E-state index in [1.807, 2.05) is 42.5 Å². The first-order valence-corrected chi connectivity index (χ1v) is 6.39.